The summed E-state index contributed by atoms with van der Waals surface area (Å²) in [6.07, 6.45) is 0. The Labute approximate surface area is 120 Å². The molecule has 0 aromatic heterocycles. The van der Waals surface area contributed by atoms with Gasteiger partial charge in [0.25, 0.3) is 5.78 Å². The van der Waals surface area contributed by atoms with Crippen molar-refractivity contribution in [3.05, 3.63) is 59.1 Å². The summed E-state index contributed by atoms with van der Waals surface area (Å²) in [7, 11) is 1.16. The minimum Gasteiger partial charge on any atom is -0.463 e. The molecule has 102 valence electrons. The van der Waals surface area contributed by atoms with Crippen LogP contribution < -0.4 is 4.74 Å². The van der Waals surface area contributed by atoms with Crippen LogP contribution in [0.4, 0.5) is 0 Å². The summed E-state index contributed by atoms with van der Waals surface area (Å²) in [4.78, 5) is 23.2. The summed E-state index contributed by atoms with van der Waals surface area (Å²) in [6, 6.07) is 13.1. The Kier molecular flexibility index (Phi) is 4.38. The van der Waals surface area contributed by atoms with Gasteiger partial charge in [0.05, 0.1) is 12.7 Å². The van der Waals surface area contributed by atoms with E-state index < -0.39 is 11.8 Å². The number of carbonyl (C=O) groups excluding carboxylic acids is 2. The predicted octanol–water partition coefficient (Wildman–Crippen LogP) is 3.49. The lowest BCUT2D eigenvalue weighted by Gasteiger charge is -2.09. The van der Waals surface area contributed by atoms with E-state index >= 15 is 0 Å². The number of hydrogen-bond donors (Lipinski definition) is 0. The molecule has 0 saturated heterocycles. The number of methoxy groups -OCH3 is 1. The molecule has 0 N–H and O–H groups in total. The van der Waals surface area contributed by atoms with E-state index in [1.807, 2.05) is 0 Å². The number of hydrogen-bond acceptors (Lipinski definition) is 4. The first-order valence-electron chi connectivity index (χ1n) is 5.77. The molecule has 0 saturated carbocycles. The maximum absolute atomic E-state index is 11.9. The molecule has 0 atom stereocenters. The van der Waals surface area contributed by atoms with E-state index in [2.05, 4.69) is 4.74 Å². The molecule has 20 heavy (non-hydrogen) atoms. The van der Waals surface area contributed by atoms with Crippen LogP contribution in [-0.4, -0.2) is 18.9 Å². The molecular formula is C15H11ClO4. The molecule has 4 nitrogen and oxygen atoms in total. The molecule has 0 amide bonds. The molecule has 2 aromatic carbocycles. The smallest absolute Gasteiger partial charge is 0.379 e. The molecule has 0 aliphatic carbocycles. The number of ketones is 1. The first-order valence-corrected chi connectivity index (χ1v) is 6.14. The highest BCUT2D eigenvalue weighted by Gasteiger charge is 2.20. The van der Waals surface area contributed by atoms with Crippen LogP contribution >= 0.6 is 11.6 Å². The van der Waals surface area contributed by atoms with Gasteiger partial charge in [-0.15, -0.1) is 0 Å². The molecule has 0 aliphatic heterocycles. The molecule has 0 unspecified atom stereocenters. The lowest BCUT2D eigenvalue weighted by atomic mass is 10.1. The van der Waals surface area contributed by atoms with Crippen LogP contribution in [-0.2, 0) is 9.53 Å². The zero-order valence-electron chi connectivity index (χ0n) is 10.6. The molecule has 0 radical (unpaired) electrons. The highest BCUT2D eigenvalue weighted by molar-refractivity contribution is 6.41. The van der Waals surface area contributed by atoms with Crippen molar-refractivity contribution in [3.8, 4) is 11.5 Å². The number of esters is 1. The fourth-order valence-electron chi connectivity index (χ4n) is 1.58. The lowest BCUT2D eigenvalue weighted by Crippen LogP contribution is -2.16. The van der Waals surface area contributed by atoms with Gasteiger partial charge in [0.1, 0.15) is 11.5 Å². The van der Waals surface area contributed by atoms with Gasteiger partial charge < -0.3 is 9.47 Å². The van der Waals surface area contributed by atoms with Crippen molar-refractivity contribution in [1.29, 1.82) is 0 Å². The fraction of sp³-hybridized carbons (Fsp3) is 0.0667. The van der Waals surface area contributed by atoms with E-state index in [0.29, 0.717) is 10.8 Å². The van der Waals surface area contributed by atoms with Gasteiger partial charge >= 0.3 is 5.97 Å². The Bertz CT molecular complexity index is 635. The highest BCUT2D eigenvalue weighted by Crippen LogP contribution is 2.26. The summed E-state index contributed by atoms with van der Waals surface area (Å²) in [6.45, 7) is 0. The second kappa shape index (κ2) is 6.21. The normalized spacial score (nSPS) is 9.90. The standard InChI is InChI=1S/C15H11ClO4/c1-19-15(18)14(17)12-4-2-3-5-13(12)20-11-8-6-10(16)7-9-11/h2-9H,1H3. The van der Waals surface area contributed by atoms with Gasteiger partial charge in [-0.05, 0) is 36.4 Å². The average Bonchev–Trinajstić information content (AvgIpc) is 2.48. The van der Waals surface area contributed by atoms with Crippen molar-refractivity contribution in [3.63, 3.8) is 0 Å². The summed E-state index contributed by atoms with van der Waals surface area (Å²) in [5, 5.41) is 0.580. The Hall–Kier alpha value is -2.33. The van der Waals surface area contributed by atoms with Crippen molar-refractivity contribution in [2.75, 3.05) is 7.11 Å². The quantitative estimate of drug-likeness (QED) is 0.491. The second-order valence-corrected chi connectivity index (χ2v) is 4.31. The summed E-state index contributed by atoms with van der Waals surface area (Å²) < 4.78 is 10.0. The van der Waals surface area contributed by atoms with Gasteiger partial charge in [-0.3, -0.25) is 4.79 Å². The molecule has 0 spiro atoms. The monoisotopic (exact) mass is 290 g/mol. The third-order valence-electron chi connectivity index (χ3n) is 2.54. The van der Waals surface area contributed by atoms with E-state index in [1.54, 1.807) is 42.5 Å². The molecule has 2 aromatic rings. The third-order valence-corrected chi connectivity index (χ3v) is 2.80. The number of ether oxygens (including phenoxy) is 2. The number of Topliss-reactive ketones (excluding diaryl/α,β-unsaturated/α-hetero) is 1. The van der Waals surface area contributed by atoms with E-state index in [1.165, 1.54) is 6.07 Å². The summed E-state index contributed by atoms with van der Waals surface area (Å²) in [5.74, 6) is -0.890. The fourth-order valence-corrected chi connectivity index (χ4v) is 1.70. The van der Waals surface area contributed by atoms with Gasteiger partial charge in [-0.2, -0.15) is 0 Å². The van der Waals surface area contributed by atoms with E-state index in [-0.39, 0.29) is 11.3 Å². The molecule has 5 heteroatoms. The van der Waals surface area contributed by atoms with E-state index in [4.69, 9.17) is 16.3 Å². The van der Waals surface area contributed by atoms with Crippen LogP contribution in [0.3, 0.4) is 0 Å². The van der Waals surface area contributed by atoms with E-state index in [0.717, 1.165) is 7.11 Å². The minimum atomic E-state index is -0.933. The average molecular weight is 291 g/mol. The zero-order chi connectivity index (χ0) is 14.5. The van der Waals surface area contributed by atoms with Gasteiger partial charge in [0.2, 0.25) is 0 Å². The molecule has 0 aliphatic rings. The maximum atomic E-state index is 11.9. The van der Waals surface area contributed by atoms with Crippen molar-refractivity contribution >= 4 is 23.4 Å². The third kappa shape index (κ3) is 3.16. The minimum absolute atomic E-state index is 0.148. The highest BCUT2D eigenvalue weighted by atomic mass is 35.5. The Morgan fingerprint density at radius 3 is 2.30 bits per heavy atom. The Morgan fingerprint density at radius 1 is 1.00 bits per heavy atom. The van der Waals surface area contributed by atoms with Crippen LogP contribution in [0.5, 0.6) is 11.5 Å². The topological polar surface area (TPSA) is 52.6 Å². The summed E-state index contributed by atoms with van der Waals surface area (Å²) in [5.41, 5.74) is 0.148. The number of carbonyl (C=O) groups is 2. The summed E-state index contributed by atoms with van der Waals surface area (Å²) >= 11 is 5.79. The van der Waals surface area contributed by atoms with Crippen LogP contribution in [0.1, 0.15) is 10.4 Å². The maximum Gasteiger partial charge on any atom is 0.379 e. The van der Waals surface area contributed by atoms with Crippen LogP contribution in [0.25, 0.3) is 0 Å². The number of para-hydroxylation sites is 1. The number of rotatable bonds is 4. The predicted molar refractivity (Wildman–Crippen MR) is 74.3 cm³/mol. The van der Waals surface area contributed by atoms with Crippen molar-refractivity contribution in [1.82, 2.24) is 0 Å². The van der Waals surface area contributed by atoms with Crippen LogP contribution in [0.2, 0.25) is 5.02 Å². The molecular weight excluding hydrogens is 280 g/mol. The molecule has 0 fully saturated rings. The molecule has 2 rings (SSSR count). The van der Waals surface area contributed by atoms with Gasteiger partial charge in [-0.1, -0.05) is 23.7 Å². The number of halogens is 1. The van der Waals surface area contributed by atoms with Crippen LogP contribution in [0, 0.1) is 0 Å². The van der Waals surface area contributed by atoms with Crippen molar-refractivity contribution in [2.24, 2.45) is 0 Å². The zero-order valence-corrected chi connectivity index (χ0v) is 11.4. The van der Waals surface area contributed by atoms with E-state index in [9.17, 15) is 9.59 Å². The molecule has 0 heterocycles. The Morgan fingerprint density at radius 2 is 1.65 bits per heavy atom. The SMILES string of the molecule is COC(=O)C(=O)c1ccccc1Oc1ccc(Cl)cc1. The van der Waals surface area contributed by atoms with Crippen LogP contribution in [0.15, 0.2) is 48.5 Å². The first kappa shape index (κ1) is 14.1. The van der Waals surface area contributed by atoms with Crippen molar-refractivity contribution < 1.29 is 19.1 Å². The first-order chi connectivity index (χ1) is 9.61. The van der Waals surface area contributed by atoms with Gasteiger partial charge in [0.15, 0.2) is 0 Å². The Balaban J connectivity index is 2.30. The van der Waals surface area contributed by atoms with Gasteiger partial charge in [0, 0.05) is 5.02 Å². The second-order valence-electron chi connectivity index (χ2n) is 3.87. The molecule has 0 bridgehead atoms. The largest absolute Gasteiger partial charge is 0.463 e. The number of benzene rings is 2. The van der Waals surface area contributed by atoms with Crippen molar-refractivity contribution in [2.45, 2.75) is 0 Å². The lowest BCUT2D eigenvalue weighted by molar-refractivity contribution is -0.135. The van der Waals surface area contributed by atoms with Gasteiger partial charge in [-0.25, -0.2) is 4.79 Å².